The number of nitrogens with zero attached hydrogens (tertiary/aromatic N) is 2. The molecule has 176 valence electrons. The van der Waals surface area contributed by atoms with E-state index in [1.165, 1.54) is 22.0 Å². The summed E-state index contributed by atoms with van der Waals surface area (Å²) in [6.45, 7) is 4.37. The normalized spacial score (nSPS) is 18.8. The van der Waals surface area contributed by atoms with Crippen molar-refractivity contribution in [2.45, 2.75) is 31.3 Å². The maximum Gasteiger partial charge on any atom is 0.321 e. The van der Waals surface area contributed by atoms with Crippen LogP contribution in [0.25, 0.3) is 0 Å². The van der Waals surface area contributed by atoms with Gasteiger partial charge in [-0.3, -0.25) is 4.79 Å². The van der Waals surface area contributed by atoms with Crippen molar-refractivity contribution in [2.75, 3.05) is 36.8 Å². The van der Waals surface area contributed by atoms with Crippen molar-refractivity contribution in [3.63, 3.8) is 0 Å². The minimum absolute atomic E-state index is 0.0112. The third kappa shape index (κ3) is 4.78. The van der Waals surface area contributed by atoms with Crippen molar-refractivity contribution in [1.82, 2.24) is 9.21 Å². The minimum atomic E-state index is -3.92. The highest BCUT2D eigenvalue weighted by Gasteiger charge is 2.34. The quantitative estimate of drug-likeness (QED) is 0.681. The van der Waals surface area contributed by atoms with E-state index in [2.05, 4.69) is 17.6 Å². The van der Waals surface area contributed by atoms with E-state index in [-0.39, 0.29) is 53.8 Å². The van der Waals surface area contributed by atoms with Crippen LogP contribution in [0.2, 0.25) is 5.02 Å². The second-order valence-electron chi connectivity index (χ2n) is 7.90. The number of aryl methyl sites for hydroxylation is 1. The summed E-state index contributed by atoms with van der Waals surface area (Å²) < 4.78 is 33.3. The Balaban J connectivity index is 1.43. The van der Waals surface area contributed by atoms with Crippen LogP contribution in [0.5, 0.6) is 5.75 Å². The molecule has 11 heteroatoms. The predicted molar refractivity (Wildman–Crippen MR) is 125 cm³/mol. The number of anilines is 2. The Hall–Kier alpha value is -2.82. The fourth-order valence-corrected chi connectivity index (χ4v) is 5.64. The molecule has 0 saturated carbocycles. The van der Waals surface area contributed by atoms with Crippen molar-refractivity contribution < 1.29 is 22.7 Å². The van der Waals surface area contributed by atoms with Gasteiger partial charge in [-0.05, 0) is 37.1 Å². The van der Waals surface area contributed by atoms with Crippen LogP contribution in [-0.4, -0.2) is 61.8 Å². The first-order chi connectivity index (χ1) is 15.7. The number of amides is 3. The third-order valence-corrected chi connectivity index (χ3v) is 8.09. The number of hydrogen-bond acceptors (Lipinski definition) is 5. The van der Waals surface area contributed by atoms with Crippen LogP contribution in [0.3, 0.4) is 0 Å². The Morgan fingerprint density at radius 3 is 2.48 bits per heavy atom. The molecule has 0 spiro atoms. The molecule has 0 aliphatic carbocycles. The number of benzene rings is 2. The fraction of sp³-hybridized carbons (Fsp3) is 0.364. The van der Waals surface area contributed by atoms with E-state index in [9.17, 15) is 18.0 Å². The second-order valence-corrected chi connectivity index (χ2v) is 10.2. The highest BCUT2D eigenvalue weighted by Crippen LogP contribution is 2.38. The van der Waals surface area contributed by atoms with Crippen molar-refractivity contribution in [2.24, 2.45) is 0 Å². The van der Waals surface area contributed by atoms with Gasteiger partial charge in [0.25, 0.3) is 5.91 Å². The van der Waals surface area contributed by atoms with Gasteiger partial charge in [0.05, 0.1) is 10.7 Å². The number of hydrogen-bond donors (Lipinski definition) is 2. The summed E-state index contributed by atoms with van der Waals surface area (Å²) in [4.78, 5) is 25.9. The Labute approximate surface area is 197 Å². The zero-order chi connectivity index (χ0) is 23.8. The SMILES string of the molecule is CCc1ccc(NC(=O)N2CCN(S(=O)(=O)c3cc4c(cc3Cl)NC(=O)C(C)O4)CC2)cc1. The smallest absolute Gasteiger partial charge is 0.321 e. The van der Waals surface area contributed by atoms with Crippen LogP contribution in [0, 0.1) is 0 Å². The molecular formula is C22H25ClN4O5S. The minimum Gasteiger partial charge on any atom is -0.479 e. The average Bonchev–Trinajstić information content (AvgIpc) is 2.80. The number of carbonyl (C=O) groups excluding carboxylic acids is 2. The molecule has 2 aliphatic heterocycles. The maximum atomic E-state index is 13.2. The second kappa shape index (κ2) is 9.20. The average molecular weight is 493 g/mol. The van der Waals surface area contributed by atoms with Crippen LogP contribution in [0.1, 0.15) is 19.4 Å². The van der Waals surface area contributed by atoms with Crippen LogP contribution in [0.4, 0.5) is 16.2 Å². The lowest BCUT2D eigenvalue weighted by Gasteiger charge is -2.34. The van der Waals surface area contributed by atoms with Gasteiger partial charge in [0.15, 0.2) is 6.10 Å². The topological polar surface area (TPSA) is 108 Å². The molecule has 1 atom stereocenters. The van der Waals surface area contributed by atoms with E-state index in [1.54, 1.807) is 11.8 Å². The highest BCUT2D eigenvalue weighted by molar-refractivity contribution is 7.89. The van der Waals surface area contributed by atoms with E-state index in [0.29, 0.717) is 11.4 Å². The van der Waals surface area contributed by atoms with E-state index in [4.69, 9.17) is 16.3 Å². The Morgan fingerprint density at radius 2 is 1.85 bits per heavy atom. The summed E-state index contributed by atoms with van der Waals surface area (Å²) >= 11 is 6.25. The number of rotatable bonds is 4. The van der Waals surface area contributed by atoms with Crippen molar-refractivity contribution in [3.8, 4) is 5.75 Å². The first-order valence-corrected chi connectivity index (χ1v) is 12.5. The van der Waals surface area contributed by atoms with Crippen LogP contribution >= 0.6 is 11.6 Å². The molecule has 2 aromatic rings. The van der Waals surface area contributed by atoms with Gasteiger partial charge < -0.3 is 20.3 Å². The van der Waals surface area contributed by atoms with E-state index >= 15 is 0 Å². The molecule has 2 aromatic carbocycles. The lowest BCUT2D eigenvalue weighted by Crippen LogP contribution is -2.51. The summed E-state index contributed by atoms with van der Waals surface area (Å²) in [5.41, 5.74) is 2.19. The standard InChI is InChI=1S/C22H25ClN4O5S/c1-3-15-4-6-16(7-5-15)24-22(29)26-8-10-27(11-9-26)33(30,31)20-13-19-18(12-17(20)23)25-21(28)14(2)32-19/h4-7,12-14H,3,8-11H2,1-2H3,(H,24,29)(H,25,28). The number of nitrogens with one attached hydrogen (secondary N) is 2. The highest BCUT2D eigenvalue weighted by atomic mass is 35.5. The van der Waals surface area contributed by atoms with E-state index < -0.39 is 16.1 Å². The van der Waals surface area contributed by atoms with Crippen molar-refractivity contribution in [1.29, 1.82) is 0 Å². The molecule has 2 heterocycles. The molecule has 0 aromatic heterocycles. The predicted octanol–water partition coefficient (Wildman–Crippen LogP) is 3.16. The summed E-state index contributed by atoms with van der Waals surface area (Å²) in [5.74, 6) is -0.0814. The zero-order valence-electron chi connectivity index (χ0n) is 18.3. The fourth-order valence-electron chi connectivity index (χ4n) is 3.70. The molecule has 9 nitrogen and oxygen atoms in total. The Kier molecular flexibility index (Phi) is 6.51. The molecular weight excluding hydrogens is 468 g/mol. The summed E-state index contributed by atoms with van der Waals surface area (Å²) in [5, 5.41) is 5.48. The molecule has 0 radical (unpaired) electrons. The Bertz CT molecular complexity index is 1180. The molecule has 1 fully saturated rings. The van der Waals surface area contributed by atoms with Gasteiger partial charge in [-0.1, -0.05) is 30.7 Å². The van der Waals surface area contributed by atoms with Gasteiger partial charge >= 0.3 is 6.03 Å². The number of carbonyl (C=O) groups is 2. The van der Waals surface area contributed by atoms with Crippen LogP contribution in [-0.2, 0) is 21.2 Å². The first kappa shape index (κ1) is 23.3. The molecule has 2 N–H and O–H groups in total. The zero-order valence-corrected chi connectivity index (χ0v) is 19.9. The summed E-state index contributed by atoms with van der Waals surface area (Å²) in [7, 11) is -3.92. The molecule has 2 aliphatic rings. The van der Waals surface area contributed by atoms with Crippen molar-refractivity contribution >= 4 is 44.9 Å². The molecule has 33 heavy (non-hydrogen) atoms. The largest absolute Gasteiger partial charge is 0.479 e. The summed E-state index contributed by atoms with van der Waals surface area (Å²) in [6.07, 6.45) is 0.174. The first-order valence-electron chi connectivity index (χ1n) is 10.6. The number of halogens is 1. The summed E-state index contributed by atoms with van der Waals surface area (Å²) in [6, 6.07) is 10.0. The number of piperazine rings is 1. The monoisotopic (exact) mass is 492 g/mol. The molecule has 1 saturated heterocycles. The third-order valence-electron chi connectivity index (χ3n) is 5.72. The number of sulfonamides is 1. The lowest BCUT2D eigenvalue weighted by molar-refractivity contribution is -0.122. The van der Waals surface area contributed by atoms with Crippen LogP contribution in [0.15, 0.2) is 41.3 Å². The van der Waals surface area contributed by atoms with Gasteiger partial charge in [0.2, 0.25) is 10.0 Å². The van der Waals surface area contributed by atoms with E-state index in [0.717, 1.165) is 6.42 Å². The van der Waals surface area contributed by atoms with Crippen molar-refractivity contribution in [3.05, 3.63) is 47.0 Å². The lowest BCUT2D eigenvalue weighted by atomic mass is 10.1. The van der Waals surface area contributed by atoms with Gasteiger partial charge in [-0.2, -0.15) is 4.31 Å². The molecule has 4 rings (SSSR count). The van der Waals surface area contributed by atoms with Gasteiger partial charge in [-0.25, -0.2) is 13.2 Å². The van der Waals surface area contributed by atoms with Gasteiger partial charge in [0.1, 0.15) is 10.6 Å². The maximum absolute atomic E-state index is 13.2. The number of fused-ring (bicyclic) bond motifs is 1. The van der Waals surface area contributed by atoms with Gasteiger partial charge in [-0.15, -0.1) is 0 Å². The molecule has 3 amide bonds. The van der Waals surface area contributed by atoms with Crippen LogP contribution < -0.4 is 15.4 Å². The number of ether oxygens (including phenoxy) is 1. The molecule has 1 unspecified atom stereocenters. The van der Waals surface area contributed by atoms with E-state index in [1.807, 2.05) is 24.3 Å². The molecule has 0 bridgehead atoms. The van der Waals surface area contributed by atoms with Gasteiger partial charge in [0, 0.05) is 37.9 Å². The Morgan fingerprint density at radius 1 is 1.18 bits per heavy atom. The number of urea groups is 1.